The van der Waals surface area contributed by atoms with Gasteiger partial charge >= 0.3 is 6.09 Å². The van der Waals surface area contributed by atoms with E-state index < -0.39 is 16.1 Å². The lowest BCUT2D eigenvalue weighted by molar-refractivity contribution is 0.0643. The van der Waals surface area contributed by atoms with Gasteiger partial charge in [0.1, 0.15) is 11.6 Å². The number of carbonyl (C=O) groups excluding carboxylic acids is 1. The van der Waals surface area contributed by atoms with Crippen LogP contribution in [0.5, 0.6) is 0 Å². The van der Waals surface area contributed by atoms with Gasteiger partial charge in [-0.2, -0.15) is 0 Å². The molecule has 0 atom stereocenters. The van der Waals surface area contributed by atoms with Crippen LogP contribution in [0.25, 0.3) is 22.1 Å². The first-order chi connectivity index (χ1) is 17.0. The number of nitrogens with zero attached hydrogens (tertiary/aromatic N) is 4. The normalized spacial score (nSPS) is 18.7. The molecule has 1 saturated carbocycles. The second-order valence-corrected chi connectivity index (χ2v) is 10.4. The molecule has 0 bridgehead atoms. The molecule has 11 heteroatoms. The number of benzene rings is 1. The summed E-state index contributed by atoms with van der Waals surface area (Å²) in [6.07, 6.45) is 7.49. The molecule has 0 radical (unpaired) electrons. The van der Waals surface area contributed by atoms with Crippen LogP contribution in [0.2, 0.25) is 0 Å². The molecule has 0 spiro atoms. The number of fused-ring (bicyclic) bond motifs is 3. The van der Waals surface area contributed by atoms with Gasteiger partial charge in [0.25, 0.3) is 10.0 Å². The number of hydrogen-bond donors (Lipinski definition) is 1. The molecule has 3 aromatic heterocycles. The van der Waals surface area contributed by atoms with Crippen LogP contribution in [0.4, 0.5) is 4.79 Å². The van der Waals surface area contributed by atoms with Gasteiger partial charge in [-0.05, 0) is 43.9 Å². The van der Waals surface area contributed by atoms with Gasteiger partial charge in [-0.1, -0.05) is 18.2 Å². The molecule has 1 amide bonds. The summed E-state index contributed by atoms with van der Waals surface area (Å²) in [5.41, 5.74) is 1.94. The fourth-order valence-electron chi connectivity index (χ4n) is 4.65. The Morgan fingerprint density at radius 1 is 1.11 bits per heavy atom. The lowest BCUT2D eigenvalue weighted by Crippen LogP contribution is -2.33. The molecule has 0 saturated heterocycles. The summed E-state index contributed by atoms with van der Waals surface area (Å²) in [6, 6.07) is 10.3. The van der Waals surface area contributed by atoms with Crippen LogP contribution in [-0.4, -0.2) is 59.4 Å². The average molecular weight is 498 g/mol. The van der Waals surface area contributed by atoms with Gasteiger partial charge in [0.2, 0.25) is 0 Å². The summed E-state index contributed by atoms with van der Waals surface area (Å²) in [5, 5.41) is 3.41. The van der Waals surface area contributed by atoms with Crippen LogP contribution in [0, 0.1) is 0 Å². The molecule has 3 heterocycles. The molecule has 1 aliphatic rings. The van der Waals surface area contributed by atoms with E-state index in [0.717, 1.165) is 36.6 Å². The van der Waals surface area contributed by atoms with Crippen molar-refractivity contribution in [1.29, 1.82) is 0 Å². The van der Waals surface area contributed by atoms with Gasteiger partial charge in [0.05, 0.1) is 29.5 Å². The molecule has 0 unspecified atom stereocenters. The van der Waals surface area contributed by atoms with Gasteiger partial charge < -0.3 is 19.4 Å². The van der Waals surface area contributed by atoms with Crippen LogP contribution in [0.15, 0.2) is 60.0 Å². The Hall–Kier alpha value is -3.44. The number of rotatable bonds is 7. The van der Waals surface area contributed by atoms with E-state index in [0.29, 0.717) is 24.3 Å². The second kappa shape index (κ2) is 9.67. The standard InChI is InChI=1S/C24H27N5O5S/c1-33-14-12-25-24(30)34-18-9-7-17(8-10-18)28-16-27-21-15-26-23-20(22(21)28)11-13-29(23)35(31,32)19-5-3-2-4-6-19/h2-6,11,13,15-18H,7-10,12,14H2,1H3,(H,25,30). The van der Waals surface area contributed by atoms with Crippen LogP contribution in [0.1, 0.15) is 31.7 Å². The molecule has 1 fully saturated rings. The average Bonchev–Trinajstić information content (AvgIpc) is 3.50. The fraction of sp³-hybridized carbons (Fsp3) is 0.375. The maximum atomic E-state index is 13.2. The van der Waals surface area contributed by atoms with Crippen molar-refractivity contribution >= 4 is 38.2 Å². The molecule has 1 N–H and O–H groups in total. The van der Waals surface area contributed by atoms with Gasteiger partial charge in [0, 0.05) is 31.3 Å². The maximum absolute atomic E-state index is 13.2. The monoisotopic (exact) mass is 497 g/mol. The van der Waals surface area contributed by atoms with Gasteiger partial charge in [-0.15, -0.1) is 0 Å². The Kier molecular flexibility index (Phi) is 6.44. The third-order valence-corrected chi connectivity index (χ3v) is 8.08. The molecule has 5 rings (SSSR count). The van der Waals surface area contributed by atoms with Crippen LogP contribution >= 0.6 is 0 Å². The lowest BCUT2D eigenvalue weighted by Gasteiger charge is -2.29. The van der Waals surface area contributed by atoms with Gasteiger partial charge in [-0.3, -0.25) is 0 Å². The van der Waals surface area contributed by atoms with Crippen molar-refractivity contribution in [3.05, 3.63) is 55.1 Å². The lowest BCUT2D eigenvalue weighted by atomic mass is 9.92. The van der Waals surface area contributed by atoms with Crippen molar-refractivity contribution < 1.29 is 22.7 Å². The van der Waals surface area contributed by atoms with E-state index in [9.17, 15) is 13.2 Å². The van der Waals surface area contributed by atoms with E-state index in [1.54, 1.807) is 62.2 Å². The predicted octanol–water partition coefficient (Wildman–Crippen LogP) is 3.48. The smallest absolute Gasteiger partial charge is 0.407 e. The highest BCUT2D eigenvalue weighted by molar-refractivity contribution is 7.90. The minimum Gasteiger partial charge on any atom is -0.446 e. The minimum absolute atomic E-state index is 0.137. The SMILES string of the molecule is COCCNC(=O)OC1CCC(n2cnc3cnc4c(ccn4S(=O)(=O)c4ccccc4)c32)CC1. The first-order valence-corrected chi connectivity index (χ1v) is 13.0. The second-order valence-electron chi connectivity index (χ2n) is 8.57. The topological polar surface area (TPSA) is 117 Å². The number of ether oxygens (including phenoxy) is 2. The summed E-state index contributed by atoms with van der Waals surface area (Å²) < 4.78 is 40.2. The van der Waals surface area contributed by atoms with E-state index in [1.807, 2.05) is 0 Å². The van der Waals surface area contributed by atoms with Crippen LogP contribution in [-0.2, 0) is 19.5 Å². The molecule has 0 aliphatic heterocycles. The highest BCUT2D eigenvalue weighted by Gasteiger charge is 2.27. The number of methoxy groups -OCH3 is 1. The molecule has 1 aliphatic carbocycles. The Morgan fingerprint density at radius 2 is 1.89 bits per heavy atom. The van der Waals surface area contributed by atoms with Crippen LogP contribution in [0.3, 0.4) is 0 Å². The zero-order valence-electron chi connectivity index (χ0n) is 19.3. The van der Waals surface area contributed by atoms with E-state index >= 15 is 0 Å². The van der Waals surface area contributed by atoms with Crippen molar-refractivity contribution in [2.75, 3.05) is 20.3 Å². The zero-order valence-corrected chi connectivity index (χ0v) is 20.1. The van der Waals surface area contributed by atoms with Gasteiger partial charge in [0.15, 0.2) is 5.65 Å². The summed E-state index contributed by atoms with van der Waals surface area (Å²) in [6.45, 7) is 0.850. The number of pyridine rings is 1. The number of aromatic nitrogens is 4. The van der Waals surface area contributed by atoms with Crippen molar-refractivity contribution in [2.45, 2.75) is 42.7 Å². The fourth-order valence-corrected chi connectivity index (χ4v) is 5.98. The molecule has 10 nitrogen and oxygen atoms in total. The molecule has 35 heavy (non-hydrogen) atoms. The number of carbonyl (C=O) groups is 1. The molecular formula is C24H27N5O5S. The van der Waals surface area contributed by atoms with E-state index in [-0.39, 0.29) is 17.0 Å². The Balaban J connectivity index is 1.38. The number of hydrogen-bond acceptors (Lipinski definition) is 7. The minimum atomic E-state index is -3.78. The largest absolute Gasteiger partial charge is 0.446 e. The summed E-state index contributed by atoms with van der Waals surface area (Å²) in [4.78, 5) is 21.1. The van der Waals surface area contributed by atoms with Crippen molar-refractivity contribution in [3.8, 4) is 0 Å². The zero-order chi connectivity index (χ0) is 24.4. The summed E-state index contributed by atoms with van der Waals surface area (Å²) in [5.74, 6) is 0. The summed E-state index contributed by atoms with van der Waals surface area (Å²) in [7, 11) is -2.20. The van der Waals surface area contributed by atoms with Crippen molar-refractivity contribution in [1.82, 2.24) is 23.8 Å². The molecular weight excluding hydrogens is 470 g/mol. The first-order valence-electron chi connectivity index (χ1n) is 11.6. The Morgan fingerprint density at radius 3 is 2.63 bits per heavy atom. The first kappa shape index (κ1) is 23.3. The third-order valence-electron chi connectivity index (χ3n) is 6.40. The Bertz CT molecular complexity index is 1440. The van der Waals surface area contributed by atoms with E-state index in [1.165, 1.54) is 3.97 Å². The maximum Gasteiger partial charge on any atom is 0.407 e. The number of alkyl carbamates (subject to hydrolysis) is 1. The molecule has 1 aromatic carbocycles. The third kappa shape index (κ3) is 4.48. The quantitative estimate of drug-likeness (QED) is 0.389. The summed E-state index contributed by atoms with van der Waals surface area (Å²) >= 11 is 0. The van der Waals surface area contributed by atoms with Crippen molar-refractivity contribution in [2.24, 2.45) is 0 Å². The van der Waals surface area contributed by atoms with Gasteiger partial charge in [-0.25, -0.2) is 27.2 Å². The Labute approximate surface area is 202 Å². The van der Waals surface area contributed by atoms with Crippen molar-refractivity contribution in [3.63, 3.8) is 0 Å². The molecule has 184 valence electrons. The number of amides is 1. The number of imidazole rings is 1. The van der Waals surface area contributed by atoms with Crippen LogP contribution < -0.4 is 5.32 Å². The predicted molar refractivity (Wildman–Crippen MR) is 130 cm³/mol. The highest BCUT2D eigenvalue weighted by atomic mass is 32.2. The van der Waals surface area contributed by atoms with E-state index in [2.05, 4.69) is 19.9 Å². The number of nitrogens with one attached hydrogen (secondary N) is 1. The van der Waals surface area contributed by atoms with E-state index in [4.69, 9.17) is 9.47 Å². The highest BCUT2D eigenvalue weighted by Crippen LogP contribution is 2.35. The molecule has 4 aromatic rings.